The quantitative estimate of drug-likeness (QED) is 0.716. The fraction of sp³-hybridized carbons (Fsp3) is 0.143. The van der Waals surface area contributed by atoms with E-state index in [0.29, 0.717) is 16.6 Å². The van der Waals surface area contributed by atoms with E-state index in [4.69, 9.17) is 11.6 Å². The van der Waals surface area contributed by atoms with Gasteiger partial charge in [0.05, 0.1) is 5.02 Å². The van der Waals surface area contributed by atoms with Crippen LogP contribution in [0.4, 0.5) is 0 Å². The molecule has 1 aromatic heterocycles. The van der Waals surface area contributed by atoms with Crippen molar-refractivity contribution >= 4 is 30.3 Å². The molecule has 1 aromatic rings. The predicted octanol–water partition coefficient (Wildman–Crippen LogP) is 2.07. The smallest absolute Gasteiger partial charge is 0.151 e. The van der Waals surface area contributed by atoms with Crippen LogP contribution in [-0.2, 0) is 0 Å². The Kier molecular flexibility index (Phi) is 3.39. The van der Waals surface area contributed by atoms with Crippen LogP contribution in [0.25, 0.3) is 6.08 Å². The number of aromatic nitrogens is 2. The first-order valence-electron chi connectivity index (χ1n) is 3.08. The van der Waals surface area contributed by atoms with Gasteiger partial charge in [0.2, 0.25) is 0 Å². The zero-order valence-corrected chi connectivity index (χ0v) is 7.39. The third-order valence-electron chi connectivity index (χ3n) is 1.01. The zero-order chi connectivity index (χ0) is 8.10. The summed E-state index contributed by atoms with van der Waals surface area (Å²) < 4.78 is 0. The molecule has 0 amide bonds. The molecule has 2 nitrogen and oxygen atoms in total. The summed E-state index contributed by atoms with van der Waals surface area (Å²) in [7, 11) is 0. The van der Waals surface area contributed by atoms with Crippen molar-refractivity contribution in [1.82, 2.24) is 9.97 Å². The molecular formula is C7H7ClN2S. The number of hydrogen-bond acceptors (Lipinski definition) is 3. The Bertz CT molecular complexity index is 245. The molecule has 1 rings (SSSR count). The van der Waals surface area contributed by atoms with Crippen LogP contribution in [0.3, 0.4) is 0 Å². The van der Waals surface area contributed by atoms with Gasteiger partial charge in [-0.2, -0.15) is 12.6 Å². The monoisotopic (exact) mass is 186 g/mol. The summed E-state index contributed by atoms with van der Waals surface area (Å²) in [6.45, 7) is 0. The van der Waals surface area contributed by atoms with Crippen LogP contribution >= 0.6 is 24.2 Å². The van der Waals surface area contributed by atoms with E-state index in [9.17, 15) is 0 Å². The van der Waals surface area contributed by atoms with E-state index in [0.717, 1.165) is 0 Å². The molecule has 0 aliphatic rings. The minimum Gasteiger partial charge on any atom is -0.236 e. The Morgan fingerprint density at radius 3 is 2.64 bits per heavy atom. The molecule has 0 saturated carbocycles. The number of halogens is 1. The molecule has 0 bridgehead atoms. The first-order valence-corrected chi connectivity index (χ1v) is 4.09. The van der Waals surface area contributed by atoms with Gasteiger partial charge >= 0.3 is 0 Å². The van der Waals surface area contributed by atoms with Gasteiger partial charge in [-0.15, -0.1) is 0 Å². The van der Waals surface area contributed by atoms with Crippen molar-refractivity contribution in [3.05, 3.63) is 29.3 Å². The summed E-state index contributed by atoms with van der Waals surface area (Å²) in [5, 5.41) is 0.549. The summed E-state index contributed by atoms with van der Waals surface area (Å²) in [6, 6.07) is 0. The molecule has 0 aliphatic carbocycles. The standard InChI is InChI=1S/C7H7ClN2S/c8-6-4-9-7(10-5-6)2-1-3-11/h1-2,4-5,11H,3H2. The van der Waals surface area contributed by atoms with Gasteiger partial charge in [0.15, 0.2) is 5.82 Å². The fourth-order valence-electron chi connectivity index (χ4n) is 0.566. The van der Waals surface area contributed by atoms with Crippen LogP contribution in [0.5, 0.6) is 0 Å². The third-order valence-corrected chi connectivity index (χ3v) is 1.42. The molecule has 4 heteroatoms. The van der Waals surface area contributed by atoms with E-state index in [1.807, 2.05) is 6.08 Å². The number of nitrogens with zero attached hydrogens (tertiary/aromatic N) is 2. The normalized spacial score (nSPS) is 10.7. The topological polar surface area (TPSA) is 25.8 Å². The Morgan fingerprint density at radius 1 is 1.45 bits per heavy atom. The molecule has 0 aliphatic heterocycles. The van der Waals surface area contributed by atoms with E-state index < -0.39 is 0 Å². The molecule has 1 heterocycles. The fourth-order valence-corrected chi connectivity index (χ4v) is 0.769. The summed E-state index contributed by atoms with van der Waals surface area (Å²) in [5.41, 5.74) is 0. The second-order valence-corrected chi connectivity index (χ2v) is 2.65. The van der Waals surface area contributed by atoms with E-state index in [1.165, 1.54) is 0 Å². The van der Waals surface area contributed by atoms with Gasteiger partial charge in [-0.3, -0.25) is 0 Å². The highest BCUT2D eigenvalue weighted by molar-refractivity contribution is 7.80. The van der Waals surface area contributed by atoms with Gasteiger partial charge in [0.1, 0.15) is 0 Å². The first-order chi connectivity index (χ1) is 5.33. The number of rotatable bonds is 2. The number of thiol groups is 1. The average Bonchev–Trinajstić information content (AvgIpc) is 2.04. The lowest BCUT2D eigenvalue weighted by Gasteiger charge is -1.89. The Balaban J connectivity index is 2.73. The molecule has 0 aromatic carbocycles. The van der Waals surface area contributed by atoms with Gasteiger partial charge in [0, 0.05) is 18.1 Å². The summed E-state index contributed by atoms with van der Waals surface area (Å²) >= 11 is 9.58. The molecule has 0 N–H and O–H groups in total. The van der Waals surface area contributed by atoms with Crippen LogP contribution in [0.15, 0.2) is 18.5 Å². The van der Waals surface area contributed by atoms with Gasteiger partial charge in [-0.25, -0.2) is 9.97 Å². The lowest BCUT2D eigenvalue weighted by Crippen LogP contribution is -1.84. The first kappa shape index (κ1) is 8.56. The molecule has 0 radical (unpaired) electrons. The Morgan fingerprint density at radius 2 is 2.09 bits per heavy atom. The van der Waals surface area contributed by atoms with Crippen LogP contribution < -0.4 is 0 Å². The molecule has 0 spiro atoms. The largest absolute Gasteiger partial charge is 0.236 e. The second kappa shape index (κ2) is 4.36. The Hall–Kier alpha value is -0.540. The minimum absolute atomic E-state index is 0.549. The van der Waals surface area contributed by atoms with E-state index in [-0.39, 0.29) is 0 Å². The van der Waals surface area contributed by atoms with Crippen molar-refractivity contribution in [3.63, 3.8) is 0 Å². The average molecular weight is 187 g/mol. The van der Waals surface area contributed by atoms with Gasteiger partial charge < -0.3 is 0 Å². The molecule has 0 fully saturated rings. The summed E-state index contributed by atoms with van der Waals surface area (Å²) in [4.78, 5) is 7.90. The lowest BCUT2D eigenvalue weighted by molar-refractivity contribution is 1.13. The Labute approximate surface area is 75.7 Å². The van der Waals surface area contributed by atoms with Crippen LogP contribution in [-0.4, -0.2) is 15.7 Å². The number of hydrogen-bond donors (Lipinski definition) is 1. The zero-order valence-electron chi connectivity index (χ0n) is 5.74. The van der Waals surface area contributed by atoms with Crippen LogP contribution in [0.1, 0.15) is 5.82 Å². The molecule has 0 saturated heterocycles. The van der Waals surface area contributed by atoms with Crippen molar-refractivity contribution in [2.24, 2.45) is 0 Å². The lowest BCUT2D eigenvalue weighted by atomic mass is 10.5. The second-order valence-electron chi connectivity index (χ2n) is 1.84. The molecule has 11 heavy (non-hydrogen) atoms. The molecule has 58 valence electrons. The van der Waals surface area contributed by atoms with Gasteiger partial charge in [0.25, 0.3) is 0 Å². The van der Waals surface area contributed by atoms with E-state index in [1.54, 1.807) is 18.5 Å². The molecule has 0 unspecified atom stereocenters. The van der Waals surface area contributed by atoms with Crippen molar-refractivity contribution in [2.75, 3.05) is 5.75 Å². The van der Waals surface area contributed by atoms with Crippen molar-refractivity contribution in [3.8, 4) is 0 Å². The highest BCUT2D eigenvalue weighted by Crippen LogP contribution is 2.03. The van der Waals surface area contributed by atoms with E-state index in [2.05, 4.69) is 22.6 Å². The van der Waals surface area contributed by atoms with Crippen molar-refractivity contribution in [1.29, 1.82) is 0 Å². The highest BCUT2D eigenvalue weighted by Gasteiger charge is 1.88. The third kappa shape index (κ3) is 2.91. The maximum absolute atomic E-state index is 5.58. The van der Waals surface area contributed by atoms with Crippen molar-refractivity contribution < 1.29 is 0 Å². The SMILES string of the molecule is SCC=Cc1ncc(Cl)cn1. The maximum atomic E-state index is 5.58. The van der Waals surface area contributed by atoms with Gasteiger partial charge in [-0.05, 0) is 6.08 Å². The molecular weight excluding hydrogens is 180 g/mol. The summed E-state index contributed by atoms with van der Waals surface area (Å²) in [6.07, 6.45) is 6.79. The highest BCUT2D eigenvalue weighted by atomic mass is 35.5. The molecule has 0 atom stereocenters. The summed E-state index contributed by atoms with van der Waals surface area (Å²) in [5.74, 6) is 1.34. The maximum Gasteiger partial charge on any atom is 0.151 e. The van der Waals surface area contributed by atoms with Crippen LogP contribution in [0.2, 0.25) is 5.02 Å². The van der Waals surface area contributed by atoms with Crippen molar-refractivity contribution in [2.45, 2.75) is 0 Å². The van der Waals surface area contributed by atoms with Crippen LogP contribution in [0, 0.1) is 0 Å². The predicted molar refractivity (Wildman–Crippen MR) is 49.9 cm³/mol. The van der Waals surface area contributed by atoms with Gasteiger partial charge in [-0.1, -0.05) is 17.7 Å². The van der Waals surface area contributed by atoms with E-state index >= 15 is 0 Å². The minimum atomic E-state index is 0.549.